The SMILES string of the molecule is CCOC(=O)[C@H]1C2C[C@@H](c3c(OC(F)F)cccc3S1=O)n1c2nc2ccc(Cl)cc21. The Morgan fingerprint density at radius 3 is 2.90 bits per heavy atom. The minimum Gasteiger partial charge on any atom is -0.465 e. The molecule has 0 spiro atoms. The molecule has 31 heavy (non-hydrogen) atoms. The fourth-order valence-corrected chi connectivity index (χ4v) is 6.50. The van der Waals surface area contributed by atoms with E-state index in [1.165, 1.54) is 12.1 Å². The number of imidazole rings is 1. The van der Waals surface area contributed by atoms with Crippen LogP contribution in [0.5, 0.6) is 5.75 Å². The summed E-state index contributed by atoms with van der Waals surface area (Å²) in [7, 11) is -1.84. The molecular formula is C21H17ClF2N2O4S. The molecule has 162 valence electrons. The number of ether oxygens (including phenoxy) is 2. The summed E-state index contributed by atoms with van der Waals surface area (Å²) in [6.45, 7) is -1.24. The zero-order valence-corrected chi connectivity index (χ0v) is 17.8. The molecule has 4 atom stereocenters. The smallest absolute Gasteiger partial charge is 0.387 e. The van der Waals surface area contributed by atoms with Crippen LogP contribution < -0.4 is 4.74 Å². The Balaban J connectivity index is 1.81. The lowest BCUT2D eigenvalue weighted by Gasteiger charge is -2.23. The summed E-state index contributed by atoms with van der Waals surface area (Å²) in [4.78, 5) is 17.8. The second kappa shape index (κ2) is 7.56. The average molecular weight is 467 g/mol. The van der Waals surface area contributed by atoms with Crippen molar-refractivity contribution in [3.8, 4) is 5.75 Å². The molecule has 6 nitrogen and oxygen atoms in total. The van der Waals surface area contributed by atoms with E-state index in [-0.39, 0.29) is 12.4 Å². The Labute approximate surface area is 183 Å². The molecule has 3 aromatic rings. The topological polar surface area (TPSA) is 70.4 Å². The first-order valence-corrected chi connectivity index (χ1v) is 11.3. The molecule has 2 bridgehead atoms. The number of carbonyl (C=O) groups is 1. The lowest BCUT2D eigenvalue weighted by atomic mass is 9.95. The first-order chi connectivity index (χ1) is 14.9. The molecule has 0 aliphatic carbocycles. The fourth-order valence-electron chi connectivity index (χ4n) is 4.62. The second-order valence-corrected chi connectivity index (χ2v) is 9.33. The third-order valence-electron chi connectivity index (χ3n) is 5.71. The number of halogens is 3. The third kappa shape index (κ3) is 3.13. The molecule has 0 radical (unpaired) electrons. The van der Waals surface area contributed by atoms with Gasteiger partial charge in [0.05, 0.1) is 34.5 Å². The Hall–Kier alpha value is -2.52. The highest BCUT2D eigenvalue weighted by molar-refractivity contribution is 7.86. The minimum atomic E-state index is -3.05. The van der Waals surface area contributed by atoms with Gasteiger partial charge in [-0.15, -0.1) is 0 Å². The monoisotopic (exact) mass is 466 g/mol. The summed E-state index contributed by atoms with van der Waals surface area (Å²) in [6.07, 6.45) is 0.358. The van der Waals surface area contributed by atoms with E-state index >= 15 is 0 Å². The van der Waals surface area contributed by atoms with Crippen LogP contribution >= 0.6 is 11.6 Å². The number of aromatic nitrogens is 2. The molecule has 3 heterocycles. The Morgan fingerprint density at radius 1 is 1.35 bits per heavy atom. The highest BCUT2D eigenvalue weighted by atomic mass is 35.5. The number of alkyl halides is 2. The van der Waals surface area contributed by atoms with Gasteiger partial charge in [0.2, 0.25) is 0 Å². The largest absolute Gasteiger partial charge is 0.465 e. The van der Waals surface area contributed by atoms with Gasteiger partial charge in [0.1, 0.15) is 16.8 Å². The molecule has 2 unspecified atom stereocenters. The maximum absolute atomic E-state index is 13.6. The van der Waals surface area contributed by atoms with Gasteiger partial charge in [-0.2, -0.15) is 8.78 Å². The molecule has 0 fully saturated rings. The summed E-state index contributed by atoms with van der Waals surface area (Å²) < 4.78 is 51.8. The Bertz CT molecular complexity index is 1230. The van der Waals surface area contributed by atoms with E-state index in [1.807, 2.05) is 4.57 Å². The number of nitrogens with zero attached hydrogens (tertiary/aromatic N) is 2. The van der Waals surface area contributed by atoms with Gasteiger partial charge >= 0.3 is 12.6 Å². The summed E-state index contributed by atoms with van der Waals surface area (Å²) in [5.41, 5.74) is 1.73. The standard InChI is InChI=1S/C21H17ClF2N2O4S/c1-2-29-20(27)18-11-9-14(26-13-8-10(22)6-7-12(13)25-19(11)26)17-15(30-21(23)24)4-3-5-16(17)31(18)28/h3-8,11,14,18,21H,2,9H2,1H3/t11?,14-,18+,31?/m0/s1. The zero-order valence-electron chi connectivity index (χ0n) is 16.3. The van der Waals surface area contributed by atoms with Crippen molar-refractivity contribution in [1.82, 2.24) is 9.55 Å². The van der Waals surface area contributed by atoms with Gasteiger partial charge in [-0.3, -0.25) is 9.00 Å². The van der Waals surface area contributed by atoms with Gasteiger partial charge in [0.25, 0.3) is 0 Å². The van der Waals surface area contributed by atoms with Crippen LogP contribution in [0.3, 0.4) is 0 Å². The van der Waals surface area contributed by atoms with Crippen molar-refractivity contribution in [1.29, 1.82) is 0 Å². The predicted octanol–water partition coefficient (Wildman–Crippen LogP) is 4.42. The summed E-state index contributed by atoms with van der Waals surface area (Å²) in [6, 6.07) is 9.23. The van der Waals surface area contributed by atoms with E-state index in [1.54, 1.807) is 31.2 Å². The molecule has 2 aromatic carbocycles. The van der Waals surface area contributed by atoms with Crippen molar-refractivity contribution in [2.45, 2.75) is 42.1 Å². The predicted molar refractivity (Wildman–Crippen MR) is 110 cm³/mol. The molecule has 0 saturated carbocycles. The highest BCUT2D eigenvalue weighted by Crippen LogP contribution is 2.52. The van der Waals surface area contributed by atoms with Crippen LogP contribution in [0, 0.1) is 0 Å². The summed E-state index contributed by atoms with van der Waals surface area (Å²) in [5.74, 6) is -0.615. The fraction of sp³-hybridized carbons (Fsp3) is 0.333. The van der Waals surface area contributed by atoms with E-state index in [4.69, 9.17) is 21.1 Å². The second-order valence-electron chi connectivity index (χ2n) is 7.35. The van der Waals surface area contributed by atoms with Crippen LogP contribution in [0.4, 0.5) is 8.78 Å². The Kier molecular flexibility index (Phi) is 4.97. The molecule has 2 aliphatic heterocycles. The van der Waals surface area contributed by atoms with Crippen molar-refractivity contribution in [3.63, 3.8) is 0 Å². The van der Waals surface area contributed by atoms with Gasteiger partial charge in [0.15, 0.2) is 0 Å². The molecule has 10 heteroatoms. The van der Waals surface area contributed by atoms with E-state index in [9.17, 15) is 17.8 Å². The van der Waals surface area contributed by atoms with E-state index in [0.29, 0.717) is 38.8 Å². The maximum Gasteiger partial charge on any atom is 0.387 e. The van der Waals surface area contributed by atoms with Crippen molar-refractivity contribution in [2.24, 2.45) is 0 Å². The maximum atomic E-state index is 13.6. The molecule has 0 N–H and O–H groups in total. The number of fused-ring (bicyclic) bond motifs is 9. The number of rotatable bonds is 4. The van der Waals surface area contributed by atoms with E-state index < -0.39 is 40.6 Å². The molecule has 0 amide bonds. The van der Waals surface area contributed by atoms with Gasteiger partial charge in [0, 0.05) is 21.4 Å². The first kappa shape index (κ1) is 20.4. The summed E-state index contributed by atoms with van der Waals surface area (Å²) in [5, 5.41) is -0.517. The number of esters is 1. The van der Waals surface area contributed by atoms with Crippen LogP contribution in [-0.4, -0.2) is 38.2 Å². The molecule has 0 saturated heterocycles. The number of benzene rings is 2. The van der Waals surface area contributed by atoms with E-state index in [2.05, 4.69) is 4.98 Å². The number of hydrogen-bond donors (Lipinski definition) is 0. The lowest BCUT2D eigenvalue weighted by Crippen LogP contribution is -2.34. The van der Waals surface area contributed by atoms with Gasteiger partial charge < -0.3 is 14.0 Å². The van der Waals surface area contributed by atoms with Crippen LogP contribution in [0.2, 0.25) is 5.02 Å². The average Bonchev–Trinajstić information content (AvgIpc) is 3.21. The zero-order chi connectivity index (χ0) is 21.9. The van der Waals surface area contributed by atoms with Gasteiger partial charge in [-0.05, 0) is 43.7 Å². The van der Waals surface area contributed by atoms with Gasteiger partial charge in [-0.1, -0.05) is 17.7 Å². The van der Waals surface area contributed by atoms with Crippen molar-refractivity contribution in [2.75, 3.05) is 6.61 Å². The lowest BCUT2D eigenvalue weighted by molar-refractivity contribution is -0.143. The van der Waals surface area contributed by atoms with Crippen LogP contribution in [0.25, 0.3) is 11.0 Å². The molecule has 2 aliphatic rings. The summed E-state index contributed by atoms with van der Waals surface area (Å²) >= 11 is 6.21. The molecule has 5 rings (SSSR count). The van der Waals surface area contributed by atoms with Crippen molar-refractivity contribution >= 4 is 39.4 Å². The van der Waals surface area contributed by atoms with Crippen molar-refractivity contribution in [3.05, 3.63) is 52.8 Å². The van der Waals surface area contributed by atoms with Crippen LogP contribution in [-0.2, 0) is 20.3 Å². The van der Waals surface area contributed by atoms with E-state index in [0.717, 1.165) is 0 Å². The van der Waals surface area contributed by atoms with Gasteiger partial charge in [-0.25, -0.2) is 4.98 Å². The molecule has 1 aromatic heterocycles. The molecular weight excluding hydrogens is 450 g/mol. The Morgan fingerprint density at radius 2 is 2.16 bits per heavy atom. The van der Waals surface area contributed by atoms with Crippen molar-refractivity contribution < 1.29 is 27.3 Å². The number of carbonyl (C=O) groups excluding carboxylic acids is 1. The third-order valence-corrected chi connectivity index (χ3v) is 7.71. The highest BCUT2D eigenvalue weighted by Gasteiger charge is 2.50. The van der Waals surface area contributed by atoms with Crippen LogP contribution in [0.1, 0.15) is 36.7 Å². The normalized spacial score (nSPS) is 24.0. The first-order valence-electron chi connectivity index (χ1n) is 9.73. The minimum absolute atomic E-state index is 0.0640. The quantitative estimate of drug-likeness (QED) is 0.532. The number of hydrogen-bond acceptors (Lipinski definition) is 5. The van der Waals surface area contributed by atoms with Crippen LogP contribution in [0.15, 0.2) is 41.3 Å².